The molecule has 0 radical (unpaired) electrons. The van der Waals surface area contributed by atoms with E-state index >= 15 is 0 Å². The van der Waals surface area contributed by atoms with Crippen molar-refractivity contribution in [1.82, 2.24) is 0 Å². The summed E-state index contributed by atoms with van der Waals surface area (Å²) in [5.41, 5.74) is 1.01. The molecular formula is C16H22O5. The number of hydrogen-bond acceptors (Lipinski definition) is 5. The number of aliphatic hydroxyl groups is 2. The first-order valence-electron chi connectivity index (χ1n) is 7.33. The Labute approximate surface area is 124 Å². The number of fused-ring (bicyclic) bond motifs is 1. The molecule has 1 aromatic rings. The molecular weight excluding hydrogens is 272 g/mol. The minimum atomic E-state index is -0.965. The Balaban J connectivity index is 1.71. The number of ether oxygens (including phenoxy) is 3. The Morgan fingerprint density at radius 3 is 2.62 bits per heavy atom. The average Bonchev–Trinajstić information content (AvgIpc) is 2.74. The average molecular weight is 294 g/mol. The van der Waals surface area contributed by atoms with Gasteiger partial charge in [-0.1, -0.05) is 30.3 Å². The topological polar surface area (TPSA) is 68.2 Å². The van der Waals surface area contributed by atoms with Gasteiger partial charge in [0.25, 0.3) is 0 Å². The molecule has 1 heterocycles. The standard InChI is InChI=1S/C16H22O5/c1-16(2)20-12-8-11(17)13(18)15(14(12)21-16)19-9-10-6-4-3-5-7-10/h3-7,11-15,17-18H,8-9H2,1-2H3/t11-,12-,13+,14?,15+/m1/s1. The molecule has 0 spiro atoms. The molecule has 1 saturated carbocycles. The van der Waals surface area contributed by atoms with Crippen molar-refractivity contribution in [2.75, 3.05) is 0 Å². The van der Waals surface area contributed by atoms with Gasteiger partial charge in [0.1, 0.15) is 18.3 Å². The molecule has 1 unspecified atom stereocenters. The fraction of sp³-hybridized carbons (Fsp3) is 0.625. The predicted molar refractivity (Wildman–Crippen MR) is 75.5 cm³/mol. The van der Waals surface area contributed by atoms with Gasteiger partial charge in [0.15, 0.2) is 5.79 Å². The molecule has 5 atom stereocenters. The highest BCUT2D eigenvalue weighted by molar-refractivity contribution is 5.13. The summed E-state index contributed by atoms with van der Waals surface area (Å²) < 4.78 is 17.5. The lowest BCUT2D eigenvalue weighted by molar-refractivity contribution is -0.184. The molecule has 2 fully saturated rings. The third kappa shape index (κ3) is 3.12. The summed E-state index contributed by atoms with van der Waals surface area (Å²) in [6.07, 6.45) is -2.67. The molecule has 1 aliphatic heterocycles. The van der Waals surface area contributed by atoms with Crippen LogP contribution in [-0.4, -0.2) is 46.5 Å². The van der Waals surface area contributed by atoms with Crippen LogP contribution in [0.25, 0.3) is 0 Å². The minimum absolute atomic E-state index is 0.251. The van der Waals surface area contributed by atoms with Crippen LogP contribution in [0.1, 0.15) is 25.8 Å². The van der Waals surface area contributed by atoms with Crippen molar-refractivity contribution in [2.45, 2.75) is 63.2 Å². The summed E-state index contributed by atoms with van der Waals surface area (Å²) >= 11 is 0. The fourth-order valence-electron chi connectivity index (χ4n) is 3.07. The van der Waals surface area contributed by atoms with Crippen LogP contribution in [0.4, 0.5) is 0 Å². The van der Waals surface area contributed by atoms with E-state index in [0.29, 0.717) is 13.0 Å². The third-order valence-electron chi connectivity index (χ3n) is 4.04. The van der Waals surface area contributed by atoms with Crippen molar-refractivity contribution < 1.29 is 24.4 Å². The summed E-state index contributed by atoms with van der Waals surface area (Å²) in [5.74, 6) is -0.715. The van der Waals surface area contributed by atoms with E-state index in [0.717, 1.165) is 5.56 Å². The van der Waals surface area contributed by atoms with Crippen LogP contribution in [0.2, 0.25) is 0 Å². The van der Waals surface area contributed by atoms with Crippen LogP contribution >= 0.6 is 0 Å². The van der Waals surface area contributed by atoms with Gasteiger partial charge >= 0.3 is 0 Å². The Kier molecular flexibility index (Phi) is 4.03. The number of rotatable bonds is 3. The molecule has 116 valence electrons. The zero-order valence-corrected chi connectivity index (χ0v) is 12.3. The van der Waals surface area contributed by atoms with E-state index in [1.54, 1.807) is 0 Å². The van der Waals surface area contributed by atoms with Gasteiger partial charge in [-0.2, -0.15) is 0 Å². The SMILES string of the molecule is CC1(C)OC2[C@@H](OCc3ccccc3)[C@@H](O)[C@H](O)C[C@H]2O1. The van der Waals surface area contributed by atoms with Gasteiger partial charge in [-0.3, -0.25) is 0 Å². The second-order valence-electron chi connectivity index (χ2n) is 6.19. The molecule has 5 heteroatoms. The fourth-order valence-corrected chi connectivity index (χ4v) is 3.07. The van der Waals surface area contributed by atoms with E-state index < -0.39 is 24.1 Å². The molecule has 2 aliphatic rings. The zero-order valence-electron chi connectivity index (χ0n) is 12.3. The highest BCUT2D eigenvalue weighted by atomic mass is 16.8. The minimum Gasteiger partial charge on any atom is -0.390 e. The number of benzene rings is 1. The van der Waals surface area contributed by atoms with E-state index in [4.69, 9.17) is 14.2 Å². The van der Waals surface area contributed by atoms with Gasteiger partial charge in [0.2, 0.25) is 0 Å². The van der Waals surface area contributed by atoms with Gasteiger partial charge < -0.3 is 24.4 Å². The maximum atomic E-state index is 10.2. The van der Waals surface area contributed by atoms with Crippen molar-refractivity contribution >= 4 is 0 Å². The molecule has 2 N–H and O–H groups in total. The molecule has 0 aromatic heterocycles. The summed E-state index contributed by atoms with van der Waals surface area (Å²) in [4.78, 5) is 0. The largest absolute Gasteiger partial charge is 0.390 e. The summed E-state index contributed by atoms with van der Waals surface area (Å²) in [5, 5.41) is 20.2. The first kappa shape index (κ1) is 14.9. The molecule has 0 bridgehead atoms. The monoisotopic (exact) mass is 294 g/mol. The molecule has 21 heavy (non-hydrogen) atoms. The summed E-state index contributed by atoms with van der Waals surface area (Å²) in [6.45, 7) is 4.03. The van der Waals surface area contributed by atoms with Crippen molar-refractivity contribution in [3.8, 4) is 0 Å². The maximum absolute atomic E-state index is 10.2. The van der Waals surface area contributed by atoms with Crippen LogP contribution in [-0.2, 0) is 20.8 Å². The van der Waals surface area contributed by atoms with E-state index in [1.807, 2.05) is 44.2 Å². The lowest BCUT2D eigenvalue weighted by atomic mass is 9.87. The lowest BCUT2D eigenvalue weighted by Gasteiger charge is -2.38. The van der Waals surface area contributed by atoms with Crippen LogP contribution in [0.5, 0.6) is 0 Å². The Morgan fingerprint density at radius 1 is 1.19 bits per heavy atom. The van der Waals surface area contributed by atoms with E-state index in [9.17, 15) is 10.2 Å². The molecule has 1 aromatic carbocycles. The van der Waals surface area contributed by atoms with Gasteiger partial charge in [-0.15, -0.1) is 0 Å². The normalized spacial score (nSPS) is 38.2. The van der Waals surface area contributed by atoms with Crippen LogP contribution in [0.15, 0.2) is 30.3 Å². The van der Waals surface area contributed by atoms with Gasteiger partial charge in [0, 0.05) is 6.42 Å². The van der Waals surface area contributed by atoms with E-state index in [2.05, 4.69) is 0 Å². The summed E-state index contributed by atoms with van der Waals surface area (Å²) in [7, 11) is 0. The van der Waals surface area contributed by atoms with Gasteiger partial charge in [0.05, 0.1) is 18.8 Å². The van der Waals surface area contributed by atoms with Crippen LogP contribution < -0.4 is 0 Å². The third-order valence-corrected chi connectivity index (χ3v) is 4.04. The molecule has 0 amide bonds. The number of aliphatic hydroxyl groups excluding tert-OH is 2. The molecule has 1 saturated heterocycles. The molecule has 5 nitrogen and oxygen atoms in total. The first-order chi connectivity index (χ1) is 9.96. The maximum Gasteiger partial charge on any atom is 0.163 e. The zero-order chi connectivity index (χ0) is 15.0. The highest BCUT2D eigenvalue weighted by Crippen LogP contribution is 2.38. The predicted octanol–water partition coefficient (Wildman–Crippen LogP) is 1.22. The van der Waals surface area contributed by atoms with Crippen LogP contribution in [0, 0.1) is 0 Å². The summed E-state index contributed by atoms with van der Waals surface area (Å²) in [6, 6.07) is 9.73. The second kappa shape index (κ2) is 5.66. The van der Waals surface area contributed by atoms with Crippen molar-refractivity contribution in [1.29, 1.82) is 0 Å². The Morgan fingerprint density at radius 2 is 1.90 bits per heavy atom. The highest BCUT2D eigenvalue weighted by Gasteiger charge is 2.53. The molecule has 1 aliphatic carbocycles. The van der Waals surface area contributed by atoms with E-state index in [1.165, 1.54) is 0 Å². The smallest absolute Gasteiger partial charge is 0.163 e. The van der Waals surface area contributed by atoms with E-state index in [-0.39, 0.29) is 12.2 Å². The lowest BCUT2D eigenvalue weighted by Crippen LogP contribution is -2.55. The Bertz CT molecular complexity index is 475. The Hall–Kier alpha value is -0.980. The van der Waals surface area contributed by atoms with Gasteiger partial charge in [-0.05, 0) is 19.4 Å². The van der Waals surface area contributed by atoms with Crippen molar-refractivity contribution in [3.63, 3.8) is 0 Å². The van der Waals surface area contributed by atoms with Crippen molar-refractivity contribution in [2.24, 2.45) is 0 Å². The quantitative estimate of drug-likeness (QED) is 0.877. The van der Waals surface area contributed by atoms with Crippen LogP contribution in [0.3, 0.4) is 0 Å². The first-order valence-corrected chi connectivity index (χ1v) is 7.33. The van der Waals surface area contributed by atoms with Gasteiger partial charge in [-0.25, -0.2) is 0 Å². The number of hydrogen-bond donors (Lipinski definition) is 2. The van der Waals surface area contributed by atoms with Crippen molar-refractivity contribution in [3.05, 3.63) is 35.9 Å². The molecule has 3 rings (SSSR count). The second-order valence-corrected chi connectivity index (χ2v) is 6.19.